The van der Waals surface area contributed by atoms with E-state index >= 15 is 0 Å². The third-order valence-electron chi connectivity index (χ3n) is 4.12. The Hall–Kier alpha value is -1.26. The van der Waals surface area contributed by atoms with Crippen molar-refractivity contribution in [3.05, 3.63) is 0 Å². The summed E-state index contributed by atoms with van der Waals surface area (Å²) < 4.78 is 10.9. The van der Waals surface area contributed by atoms with E-state index < -0.39 is 5.54 Å². The minimum absolute atomic E-state index is 0.179. The number of rotatable bonds is 13. The van der Waals surface area contributed by atoms with E-state index in [4.69, 9.17) is 9.47 Å². The average Bonchev–Trinajstić information content (AvgIpc) is 2.88. The minimum Gasteiger partial charge on any atom is -0.465 e. The van der Waals surface area contributed by atoms with Crippen molar-refractivity contribution in [3.8, 4) is 0 Å². The number of carbonyl (C=O) groups excluding carboxylic acids is 4. The number of amides is 3. The lowest BCUT2D eigenvalue weighted by Crippen LogP contribution is -2.49. The van der Waals surface area contributed by atoms with Crippen LogP contribution in [0.4, 0.5) is 0 Å². The van der Waals surface area contributed by atoms with Gasteiger partial charge in [-0.2, -0.15) is 0 Å². The lowest BCUT2D eigenvalue weighted by atomic mass is 10.0. The highest BCUT2D eigenvalue weighted by Gasteiger charge is 2.32. The fraction of sp³-hybridized carbons (Fsp3) is 0.789. The molecule has 3 amide bonds. The summed E-state index contributed by atoms with van der Waals surface area (Å²) in [5.41, 5.74) is -0.863. The lowest BCUT2D eigenvalue weighted by molar-refractivity contribution is -0.143. The number of hydrogen-bond acceptors (Lipinski definition) is 8. The van der Waals surface area contributed by atoms with Crippen LogP contribution in [0, 0.1) is 0 Å². The first-order valence-electron chi connectivity index (χ1n) is 9.58. The van der Waals surface area contributed by atoms with Crippen LogP contribution in [-0.2, 0) is 28.7 Å². The zero-order valence-corrected chi connectivity index (χ0v) is 19.5. The third-order valence-corrected chi connectivity index (χ3v) is 6.78. The molecule has 1 aliphatic heterocycles. The van der Waals surface area contributed by atoms with Crippen LogP contribution in [0.25, 0.3) is 0 Å². The second-order valence-corrected chi connectivity index (χ2v) is 10.7. The Bertz CT molecular complexity index is 594. The maximum absolute atomic E-state index is 12.2. The summed E-state index contributed by atoms with van der Waals surface area (Å²) in [6.45, 7) is 9.80. The smallest absolute Gasteiger partial charge is 0.302 e. The number of nitrogens with one attached hydrogen (secondary N) is 1. The van der Waals surface area contributed by atoms with E-state index in [1.807, 2.05) is 27.7 Å². The molecule has 1 rings (SSSR count). The summed E-state index contributed by atoms with van der Waals surface area (Å²) in [6.07, 6.45) is 0.950. The summed E-state index contributed by atoms with van der Waals surface area (Å²) in [6, 6.07) is 0. The van der Waals surface area contributed by atoms with Gasteiger partial charge in [0.1, 0.15) is 13.2 Å². The van der Waals surface area contributed by atoms with E-state index in [9.17, 15) is 19.2 Å². The van der Waals surface area contributed by atoms with Gasteiger partial charge in [-0.25, -0.2) is 0 Å². The van der Waals surface area contributed by atoms with Crippen LogP contribution < -0.4 is 5.32 Å². The first-order chi connectivity index (χ1) is 13.4. The molecule has 1 aliphatic rings. The fourth-order valence-electron chi connectivity index (χ4n) is 2.51. The van der Waals surface area contributed by atoms with Gasteiger partial charge < -0.3 is 14.8 Å². The van der Waals surface area contributed by atoms with Crippen LogP contribution in [0.2, 0.25) is 0 Å². The number of carbonyl (C=O) groups is 4. The van der Waals surface area contributed by atoms with Crippen molar-refractivity contribution in [1.82, 2.24) is 10.2 Å². The van der Waals surface area contributed by atoms with Crippen molar-refractivity contribution in [1.29, 1.82) is 0 Å². The highest BCUT2D eigenvalue weighted by atomic mass is 33.1. The average molecular weight is 449 g/mol. The van der Waals surface area contributed by atoms with Crippen molar-refractivity contribution >= 4 is 45.3 Å². The number of imide groups is 1. The number of hydrogen-bond donors (Lipinski definition) is 1. The normalized spacial score (nSPS) is 15.0. The van der Waals surface area contributed by atoms with Crippen LogP contribution in [0.5, 0.6) is 0 Å². The van der Waals surface area contributed by atoms with Crippen molar-refractivity contribution in [2.24, 2.45) is 0 Å². The zero-order valence-electron chi connectivity index (χ0n) is 17.9. The number of esters is 1. The van der Waals surface area contributed by atoms with E-state index in [0.717, 1.165) is 16.4 Å². The summed E-state index contributed by atoms with van der Waals surface area (Å²) in [5.74, 6) is 0.281. The summed E-state index contributed by atoms with van der Waals surface area (Å²) in [5, 5.41) is 2.87. The molecule has 0 spiro atoms. The molecule has 0 saturated carbocycles. The number of likely N-dealkylation sites (tertiary alicyclic amines) is 1. The molecule has 0 bridgehead atoms. The Morgan fingerprint density at radius 1 is 1.07 bits per heavy atom. The molecule has 166 valence electrons. The van der Waals surface area contributed by atoms with Crippen molar-refractivity contribution in [2.45, 2.75) is 65.0 Å². The van der Waals surface area contributed by atoms with Gasteiger partial charge in [0.15, 0.2) is 0 Å². The van der Waals surface area contributed by atoms with E-state index in [0.29, 0.717) is 19.6 Å². The number of nitrogens with zero attached hydrogens (tertiary/aromatic N) is 1. The van der Waals surface area contributed by atoms with Crippen LogP contribution in [-0.4, -0.2) is 71.0 Å². The van der Waals surface area contributed by atoms with Crippen molar-refractivity contribution in [2.75, 3.05) is 31.3 Å². The molecule has 29 heavy (non-hydrogen) atoms. The first-order valence-corrected chi connectivity index (χ1v) is 12.1. The molecular weight excluding hydrogens is 416 g/mol. The van der Waals surface area contributed by atoms with Crippen molar-refractivity contribution < 1.29 is 28.7 Å². The molecule has 0 aliphatic carbocycles. The molecule has 0 aromatic rings. The highest BCUT2D eigenvalue weighted by molar-refractivity contribution is 8.76. The van der Waals surface area contributed by atoms with Crippen molar-refractivity contribution in [3.63, 3.8) is 0 Å². The molecule has 0 aromatic carbocycles. The Balaban J connectivity index is 2.26. The maximum atomic E-state index is 12.2. The predicted molar refractivity (Wildman–Crippen MR) is 114 cm³/mol. The summed E-state index contributed by atoms with van der Waals surface area (Å²) in [4.78, 5) is 47.2. The van der Waals surface area contributed by atoms with Gasteiger partial charge in [0.2, 0.25) is 17.7 Å². The second-order valence-electron chi connectivity index (χ2n) is 8.09. The largest absolute Gasteiger partial charge is 0.465 e. The van der Waals surface area contributed by atoms with Crippen LogP contribution in [0.15, 0.2) is 0 Å². The van der Waals surface area contributed by atoms with Gasteiger partial charge in [0.05, 0.1) is 5.60 Å². The maximum Gasteiger partial charge on any atom is 0.302 e. The highest BCUT2D eigenvalue weighted by Crippen LogP contribution is 2.27. The molecule has 0 unspecified atom stereocenters. The van der Waals surface area contributed by atoms with Crippen LogP contribution >= 0.6 is 21.6 Å². The van der Waals surface area contributed by atoms with Gasteiger partial charge in [-0.3, -0.25) is 24.1 Å². The molecule has 8 nitrogen and oxygen atoms in total. The van der Waals surface area contributed by atoms with Crippen LogP contribution in [0.3, 0.4) is 0 Å². The Kier molecular flexibility index (Phi) is 10.5. The standard InChI is InChI=1S/C19H32N2O6S2/c1-14(22)26-10-11-28-29-13-19(4,5)27-9-8-18(2,3)20-15(23)12-21-16(24)6-7-17(21)25/h6-13H2,1-5H3,(H,20,23). The zero-order chi connectivity index (χ0) is 22.1. The van der Waals surface area contributed by atoms with E-state index in [2.05, 4.69) is 5.32 Å². The topological polar surface area (TPSA) is 102 Å². The lowest BCUT2D eigenvalue weighted by Gasteiger charge is -2.30. The summed E-state index contributed by atoms with van der Waals surface area (Å²) >= 11 is 0. The molecule has 0 aromatic heterocycles. The van der Waals surface area contributed by atoms with Gasteiger partial charge in [-0.1, -0.05) is 21.6 Å². The monoisotopic (exact) mass is 448 g/mol. The van der Waals surface area contributed by atoms with Gasteiger partial charge >= 0.3 is 5.97 Å². The predicted octanol–water partition coefficient (Wildman–Crippen LogP) is 2.16. The van der Waals surface area contributed by atoms with E-state index in [1.165, 1.54) is 6.92 Å². The Morgan fingerprint density at radius 2 is 1.69 bits per heavy atom. The molecule has 1 N–H and O–H groups in total. The molecule has 0 atom stereocenters. The number of ether oxygens (including phenoxy) is 2. The molecule has 0 radical (unpaired) electrons. The SMILES string of the molecule is CC(=O)OCCSSCC(C)(C)OCCC(C)(C)NC(=O)CN1C(=O)CCC1=O. The molecule has 1 heterocycles. The van der Waals surface area contributed by atoms with E-state index in [1.54, 1.807) is 21.6 Å². The molecule has 1 saturated heterocycles. The van der Waals surface area contributed by atoms with Gasteiger partial charge in [-0.15, -0.1) is 0 Å². The van der Waals surface area contributed by atoms with Crippen LogP contribution in [0.1, 0.15) is 53.9 Å². The quantitative estimate of drug-likeness (QED) is 0.198. The minimum atomic E-state index is -0.523. The fourth-order valence-corrected chi connectivity index (χ4v) is 4.89. The van der Waals surface area contributed by atoms with Gasteiger partial charge in [0.25, 0.3) is 0 Å². The Morgan fingerprint density at radius 3 is 2.28 bits per heavy atom. The molecular formula is C19H32N2O6S2. The molecule has 1 fully saturated rings. The van der Waals surface area contributed by atoms with Gasteiger partial charge in [-0.05, 0) is 34.1 Å². The first kappa shape index (κ1) is 25.8. The van der Waals surface area contributed by atoms with E-state index in [-0.39, 0.29) is 48.7 Å². The molecule has 10 heteroatoms. The second kappa shape index (κ2) is 11.8. The van der Waals surface area contributed by atoms with Gasteiger partial charge in [0, 0.05) is 43.4 Å². The third kappa shape index (κ3) is 10.9. The Labute approximate surface area is 180 Å². The summed E-state index contributed by atoms with van der Waals surface area (Å²) in [7, 11) is 3.29.